The van der Waals surface area contributed by atoms with E-state index in [9.17, 15) is 17.6 Å². The quantitative estimate of drug-likeness (QED) is 0.703. The third-order valence-electron chi connectivity index (χ3n) is 3.03. The van der Waals surface area contributed by atoms with Crippen LogP contribution in [0.15, 0.2) is 30.3 Å². The van der Waals surface area contributed by atoms with Crippen molar-refractivity contribution in [1.29, 1.82) is 0 Å². The topological polar surface area (TPSA) is 70.1 Å². The predicted molar refractivity (Wildman–Crippen MR) is 80.9 cm³/mol. The lowest BCUT2D eigenvalue weighted by Gasteiger charge is -2.15. The molecule has 0 radical (unpaired) electrons. The Labute approximate surface area is 135 Å². The fourth-order valence-electron chi connectivity index (χ4n) is 1.85. The number of halogens is 4. The van der Waals surface area contributed by atoms with Gasteiger partial charge in [-0.05, 0) is 24.6 Å². The van der Waals surface area contributed by atoms with Crippen molar-refractivity contribution < 1.29 is 22.7 Å². The van der Waals surface area contributed by atoms with Crippen LogP contribution >= 0.6 is 0 Å². The van der Waals surface area contributed by atoms with Gasteiger partial charge in [0.05, 0.1) is 6.61 Å². The Kier molecular flexibility index (Phi) is 5.55. The molecule has 2 aromatic rings. The van der Waals surface area contributed by atoms with Crippen LogP contribution in [0, 0.1) is 5.82 Å². The number of hydrogen-bond acceptors (Lipinski definition) is 5. The van der Waals surface area contributed by atoms with Gasteiger partial charge in [-0.25, -0.2) is 9.37 Å². The zero-order chi connectivity index (χ0) is 17.7. The Balaban J connectivity index is 2.22. The standard InChI is InChI=1S/C15H16F4N4O/c1-9(8-24)21-14-22-12(15(17,18)19)6-13(23-14)20-7-10-3-2-4-11(16)5-10/h2-6,9,24H,7-8H2,1H3,(H2,20,21,22,23)/t9-/m0/s1. The summed E-state index contributed by atoms with van der Waals surface area (Å²) >= 11 is 0. The number of nitrogens with one attached hydrogen (secondary N) is 2. The van der Waals surface area contributed by atoms with Crippen molar-refractivity contribution in [3.8, 4) is 0 Å². The normalized spacial score (nSPS) is 12.8. The molecule has 1 atom stereocenters. The van der Waals surface area contributed by atoms with Crippen LogP contribution in [0.4, 0.5) is 29.3 Å². The van der Waals surface area contributed by atoms with Gasteiger partial charge in [0.15, 0.2) is 5.69 Å². The maximum Gasteiger partial charge on any atom is 0.433 e. The molecule has 0 aliphatic rings. The SMILES string of the molecule is C[C@@H](CO)Nc1nc(NCc2cccc(F)c2)cc(C(F)(F)F)n1. The molecular formula is C15H16F4N4O. The molecule has 0 aliphatic carbocycles. The summed E-state index contributed by atoms with van der Waals surface area (Å²) in [6, 6.07) is 5.94. The largest absolute Gasteiger partial charge is 0.433 e. The van der Waals surface area contributed by atoms with E-state index in [0.29, 0.717) is 5.56 Å². The first-order valence-corrected chi connectivity index (χ1v) is 7.10. The molecule has 0 bridgehead atoms. The molecule has 5 nitrogen and oxygen atoms in total. The number of hydrogen-bond donors (Lipinski definition) is 3. The van der Waals surface area contributed by atoms with Crippen LogP contribution in [0.5, 0.6) is 0 Å². The lowest BCUT2D eigenvalue weighted by Crippen LogP contribution is -2.22. The van der Waals surface area contributed by atoms with Gasteiger partial charge < -0.3 is 15.7 Å². The number of aliphatic hydroxyl groups is 1. The van der Waals surface area contributed by atoms with Gasteiger partial charge in [-0.2, -0.15) is 18.2 Å². The van der Waals surface area contributed by atoms with Gasteiger partial charge in [0.2, 0.25) is 5.95 Å². The van der Waals surface area contributed by atoms with E-state index >= 15 is 0 Å². The Morgan fingerprint density at radius 1 is 1.21 bits per heavy atom. The highest BCUT2D eigenvalue weighted by molar-refractivity contribution is 5.44. The zero-order valence-electron chi connectivity index (χ0n) is 12.7. The van der Waals surface area contributed by atoms with Gasteiger partial charge in [-0.1, -0.05) is 12.1 Å². The van der Waals surface area contributed by atoms with Gasteiger partial charge in [-0.3, -0.25) is 0 Å². The van der Waals surface area contributed by atoms with Crippen LogP contribution in [0.2, 0.25) is 0 Å². The first-order valence-electron chi connectivity index (χ1n) is 7.10. The molecule has 130 valence electrons. The number of aliphatic hydroxyl groups excluding tert-OH is 1. The fourth-order valence-corrected chi connectivity index (χ4v) is 1.85. The third kappa shape index (κ3) is 5.05. The van der Waals surface area contributed by atoms with Gasteiger partial charge in [0, 0.05) is 18.7 Å². The molecule has 0 saturated carbocycles. The number of nitrogens with zero attached hydrogens (tertiary/aromatic N) is 2. The molecule has 0 unspecified atom stereocenters. The van der Waals surface area contributed by atoms with E-state index in [-0.39, 0.29) is 24.9 Å². The summed E-state index contributed by atoms with van der Waals surface area (Å²) in [6.07, 6.45) is -4.64. The highest BCUT2D eigenvalue weighted by Gasteiger charge is 2.33. The van der Waals surface area contributed by atoms with Crippen molar-refractivity contribution in [2.24, 2.45) is 0 Å². The van der Waals surface area contributed by atoms with Crippen LogP contribution in [0.25, 0.3) is 0 Å². The molecule has 0 amide bonds. The summed E-state index contributed by atoms with van der Waals surface area (Å²) < 4.78 is 51.9. The Hall–Kier alpha value is -2.42. The first kappa shape index (κ1) is 17.9. The van der Waals surface area contributed by atoms with Crippen LogP contribution in [-0.4, -0.2) is 27.7 Å². The zero-order valence-corrected chi connectivity index (χ0v) is 12.7. The van der Waals surface area contributed by atoms with Crippen LogP contribution < -0.4 is 10.6 Å². The van der Waals surface area contributed by atoms with Crippen LogP contribution in [0.1, 0.15) is 18.2 Å². The highest BCUT2D eigenvalue weighted by atomic mass is 19.4. The van der Waals surface area contributed by atoms with Crippen LogP contribution in [0.3, 0.4) is 0 Å². The average molecular weight is 344 g/mol. The highest BCUT2D eigenvalue weighted by Crippen LogP contribution is 2.29. The minimum Gasteiger partial charge on any atom is -0.394 e. The molecule has 0 saturated heterocycles. The van der Waals surface area contributed by atoms with Crippen molar-refractivity contribution in [3.05, 3.63) is 47.4 Å². The van der Waals surface area contributed by atoms with Crippen molar-refractivity contribution in [3.63, 3.8) is 0 Å². The molecule has 24 heavy (non-hydrogen) atoms. The van der Waals surface area contributed by atoms with E-state index < -0.39 is 23.7 Å². The summed E-state index contributed by atoms with van der Waals surface area (Å²) in [4.78, 5) is 7.34. The second-order valence-corrected chi connectivity index (χ2v) is 5.17. The first-order chi connectivity index (χ1) is 11.3. The summed E-state index contributed by atoms with van der Waals surface area (Å²) in [7, 11) is 0. The molecule has 1 aromatic carbocycles. The summed E-state index contributed by atoms with van der Waals surface area (Å²) in [5, 5.41) is 14.3. The lowest BCUT2D eigenvalue weighted by atomic mass is 10.2. The van der Waals surface area contributed by atoms with Crippen molar-refractivity contribution in [1.82, 2.24) is 9.97 Å². The van der Waals surface area contributed by atoms with Gasteiger partial charge >= 0.3 is 6.18 Å². The Morgan fingerprint density at radius 3 is 2.58 bits per heavy atom. The van der Waals surface area contributed by atoms with Gasteiger partial charge in [0.1, 0.15) is 11.6 Å². The Morgan fingerprint density at radius 2 is 1.96 bits per heavy atom. The maximum atomic E-state index is 13.1. The van der Waals surface area contributed by atoms with E-state index in [0.717, 1.165) is 6.07 Å². The van der Waals surface area contributed by atoms with E-state index in [1.54, 1.807) is 13.0 Å². The third-order valence-corrected chi connectivity index (χ3v) is 3.03. The molecule has 0 aliphatic heterocycles. The smallest absolute Gasteiger partial charge is 0.394 e. The molecule has 9 heteroatoms. The van der Waals surface area contributed by atoms with E-state index in [1.165, 1.54) is 18.2 Å². The second kappa shape index (κ2) is 7.43. The van der Waals surface area contributed by atoms with Crippen LogP contribution in [-0.2, 0) is 12.7 Å². The summed E-state index contributed by atoms with van der Waals surface area (Å²) in [5.41, 5.74) is -0.563. The van der Waals surface area contributed by atoms with Crippen molar-refractivity contribution >= 4 is 11.8 Å². The number of benzene rings is 1. The fraction of sp³-hybridized carbons (Fsp3) is 0.333. The summed E-state index contributed by atoms with van der Waals surface area (Å²) in [6.45, 7) is 1.39. The van der Waals surface area contributed by atoms with Gasteiger partial charge in [-0.15, -0.1) is 0 Å². The predicted octanol–water partition coefficient (Wildman–Crippen LogP) is 3.04. The monoisotopic (exact) mass is 344 g/mol. The lowest BCUT2D eigenvalue weighted by molar-refractivity contribution is -0.141. The molecule has 1 aromatic heterocycles. The van der Waals surface area contributed by atoms with E-state index in [2.05, 4.69) is 20.6 Å². The molecule has 1 heterocycles. The van der Waals surface area contributed by atoms with E-state index in [1.807, 2.05) is 0 Å². The second-order valence-electron chi connectivity index (χ2n) is 5.17. The average Bonchev–Trinajstić information content (AvgIpc) is 2.52. The number of alkyl halides is 3. The number of anilines is 2. The molecule has 0 spiro atoms. The Bertz CT molecular complexity index is 693. The van der Waals surface area contributed by atoms with E-state index in [4.69, 9.17) is 5.11 Å². The van der Waals surface area contributed by atoms with Gasteiger partial charge in [0.25, 0.3) is 0 Å². The molecule has 0 fully saturated rings. The van der Waals surface area contributed by atoms with Crippen molar-refractivity contribution in [2.75, 3.05) is 17.2 Å². The minimum absolute atomic E-state index is 0.0609. The maximum absolute atomic E-state index is 13.1. The molecule has 2 rings (SSSR count). The van der Waals surface area contributed by atoms with Crippen molar-refractivity contribution in [2.45, 2.75) is 25.7 Å². The summed E-state index contributed by atoms with van der Waals surface area (Å²) in [5.74, 6) is -0.755. The molecule has 3 N–H and O–H groups in total. The molecular weight excluding hydrogens is 328 g/mol. The number of aromatic nitrogens is 2. The minimum atomic E-state index is -4.64. The number of rotatable bonds is 6.